The van der Waals surface area contributed by atoms with Crippen molar-refractivity contribution in [3.05, 3.63) is 89.8 Å². The maximum absolute atomic E-state index is 14.1. The average molecular weight is 467 g/mol. The topological polar surface area (TPSA) is 72.9 Å². The quantitative estimate of drug-likeness (QED) is 0.528. The lowest BCUT2D eigenvalue weighted by molar-refractivity contribution is -0.122. The number of aromatic nitrogens is 2. The summed E-state index contributed by atoms with van der Waals surface area (Å²) in [4.78, 5) is 16.8. The highest BCUT2D eigenvalue weighted by atomic mass is 35.5. The Hall–Kier alpha value is -2.41. The number of carbonyl (C=O) groups excluding carboxylic acids is 1. The fourth-order valence-corrected chi connectivity index (χ4v) is 3.25. The molecule has 0 aliphatic heterocycles. The third kappa shape index (κ3) is 7.35. The van der Waals surface area contributed by atoms with Gasteiger partial charge in [0, 0.05) is 31.1 Å². The van der Waals surface area contributed by atoms with Crippen LogP contribution < -0.4 is 11.1 Å². The zero-order chi connectivity index (χ0) is 20.9. The van der Waals surface area contributed by atoms with Gasteiger partial charge < -0.3 is 15.6 Å². The number of hydrogen-bond donors (Lipinski definition) is 2. The van der Waals surface area contributed by atoms with Crippen LogP contribution in [0.4, 0.5) is 4.39 Å². The van der Waals surface area contributed by atoms with Crippen LogP contribution >= 0.6 is 24.8 Å². The molecule has 1 aromatic heterocycles. The summed E-state index contributed by atoms with van der Waals surface area (Å²) in [6, 6.07) is 16.0. The molecule has 0 saturated carbocycles. The Morgan fingerprint density at radius 2 is 1.77 bits per heavy atom. The third-order valence-electron chi connectivity index (χ3n) is 4.97. The van der Waals surface area contributed by atoms with Crippen molar-refractivity contribution >= 4 is 30.7 Å². The smallest absolute Gasteiger partial charge is 0.237 e. The molecule has 5 nitrogen and oxygen atoms in total. The van der Waals surface area contributed by atoms with Crippen LogP contribution in [0.3, 0.4) is 0 Å². The largest absolute Gasteiger partial charge is 0.354 e. The molecule has 0 spiro atoms. The third-order valence-corrected chi connectivity index (χ3v) is 4.97. The molecule has 1 heterocycles. The van der Waals surface area contributed by atoms with E-state index in [1.807, 2.05) is 42.8 Å². The molecular weight excluding hydrogens is 438 g/mol. The van der Waals surface area contributed by atoms with Gasteiger partial charge in [0.1, 0.15) is 5.82 Å². The minimum Gasteiger partial charge on any atom is -0.354 e. The highest BCUT2D eigenvalue weighted by Gasteiger charge is 2.26. The number of carbonyl (C=O) groups is 1. The molecule has 8 heteroatoms. The second-order valence-corrected chi connectivity index (χ2v) is 7.92. The summed E-state index contributed by atoms with van der Waals surface area (Å²) in [6.07, 6.45) is 3.99. The molecule has 0 aliphatic carbocycles. The summed E-state index contributed by atoms with van der Waals surface area (Å²) in [5, 5.41) is 2.85. The lowest BCUT2D eigenvalue weighted by atomic mass is 9.84. The van der Waals surface area contributed by atoms with Gasteiger partial charge in [-0.3, -0.25) is 4.79 Å². The zero-order valence-corrected chi connectivity index (χ0v) is 19.3. The predicted octanol–water partition coefficient (Wildman–Crippen LogP) is 3.88. The Balaban J connectivity index is 0.00000240. The number of benzene rings is 2. The van der Waals surface area contributed by atoms with E-state index in [4.69, 9.17) is 5.73 Å². The summed E-state index contributed by atoms with van der Waals surface area (Å²) in [6.45, 7) is 4.79. The number of nitrogens with one attached hydrogen (secondary N) is 1. The summed E-state index contributed by atoms with van der Waals surface area (Å²) in [7, 11) is 0. The Bertz CT molecular complexity index is 963. The van der Waals surface area contributed by atoms with Crippen LogP contribution in [0.5, 0.6) is 0 Å². The molecule has 3 N–H and O–H groups in total. The van der Waals surface area contributed by atoms with Gasteiger partial charge >= 0.3 is 0 Å². The first-order valence-corrected chi connectivity index (χ1v) is 9.68. The highest BCUT2D eigenvalue weighted by Crippen LogP contribution is 2.24. The van der Waals surface area contributed by atoms with Gasteiger partial charge in [-0.15, -0.1) is 24.8 Å². The van der Waals surface area contributed by atoms with Gasteiger partial charge in [-0.1, -0.05) is 62.4 Å². The highest BCUT2D eigenvalue weighted by molar-refractivity contribution is 5.85. The SMILES string of the molecule is CC(C)(CNC(=O)[C@@H](N)Cc1cn(Cc2ccccc2)cn1)c1ccccc1F.Cl.Cl. The van der Waals surface area contributed by atoms with Crippen LogP contribution in [0.25, 0.3) is 0 Å². The average Bonchev–Trinajstić information content (AvgIpc) is 3.13. The van der Waals surface area contributed by atoms with Gasteiger partial charge in [-0.05, 0) is 17.2 Å². The van der Waals surface area contributed by atoms with E-state index in [0.29, 0.717) is 25.1 Å². The van der Waals surface area contributed by atoms with Crippen LogP contribution in [-0.4, -0.2) is 28.0 Å². The van der Waals surface area contributed by atoms with Crippen molar-refractivity contribution in [3.63, 3.8) is 0 Å². The summed E-state index contributed by atoms with van der Waals surface area (Å²) < 4.78 is 16.0. The van der Waals surface area contributed by atoms with Gasteiger partial charge in [0.15, 0.2) is 0 Å². The maximum atomic E-state index is 14.1. The molecule has 0 fully saturated rings. The molecule has 0 bridgehead atoms. The lowest BCUT2D eigenvalue weighted by Gasteiger charge is -2.26. The van der Waals surface area contributed by atoms with Gasteiger partial charge in [0.25, 0.3) is 0 Å². The van der Waals surface area contributed by atoms with E-state index in [0.717, 1.165) is 5.69 Å². The number of halogens is 3. The van der Waals surface area contributed by atoms with Crippen LogP contribution in [0.2, 0.25) is 0 Å². The molecule has 3 rings (SSSR count). The monoisotopic (exact) mass is 466 g/mol. The number of nitrogens with two attached hydrogens (primary N) is 1. The summed E-state index contributed by atoms with van der Waals surface area (Å²) in [5.41, 5.74) is 8.03. The van der Waals surface area contributed by atoms with Gasteiger partial charge in [-0.2, -0.15) is 0 Å². The molecule has 0 radical (unpaired) electrons. The van der Waals surface area contributed by atoms with Gasteiger partial charge in [0.2, 0.25) is 5.91 Å². The number of amides is 1. The second-order valence-electron chi connectivity index (χ2n) is 7.92. The van der Waals surface area contributed by atoms with Crippen LogP contribution in [0.1, 0.15) is 30.7 Å². The maximum Gasteiger partial charge on any atom is 0.237 e. The van der Waals surface area contributed by atoms with Crippen molar-refractivity contribution in [1.82, 2.24) is 14.9 Å². The van der Waals surface area contributed by atoms with Crippen LogP contribution in [0, 0.1) is 5.82 Å². The van der Waals surface area contributed by atoms with Crippen molar-refractivity contribution in [3.8, 4) is 0 Å². The second kappa shape index (κ2) is 11.8. The Labute approximate surface area is 195 Å². The van der Waals surface area contributed by atoms with E-state index in [1.165, 1.54) is 11.6 Å². The van der Waals surface area contributed by atoms with E-state index in [-0.39, 0.29) is 36.5 Å². The Kier molecular flexibility index (Phi) is 10.2. The number of hydrogen-bond acceptors (Lipinski definition) is 3. The van der Waals surface area contributed by atoms with E-state index >= 15 is 0 Å². The van der Waals surface area contributed by atoms with Gasteiger partial charge in [0.05, 0.1) is 18.1 Å². The fraction of sp³-hybridized carbons (Fsp3) is 0.304. The zero-order valence-electron chi connectivity index (χ0n) is 17.6. The standard InChI is InChI=1S/C23H27FN4O.2ClH/c1-23(2,19-10-6-7-11-20(19)24)15-26-22(29)21(25)12-18-14-28(16-27-18)13-17-8-4-3-5-9-17;;/h3-11,14,16,21H,12-13,15,25H2,1-2H3,(H,26,29);2*1H/t21-;;/m0../s1. The molecule has 1 atom stereocenters. The van der Waals surface area contributed by atoms with Crippen LogP contribution in [-0.2, 0) is 23.2 Å². The number of rotatable bonds is 8. The molecule has 2 aromatic carbocycles. The summed E-state index contributed by atoms with van der Waals surface area (Å²) >= 11 is 0. The predicted molar refractivity (Wildman–Crippen MR) is 126 cm³/mol. The Morgan fingerprint density at radius 3 is 2.45 bits per heavy atom. The summed E-state index contributed by atoms with van der Waals surface area (Å²) in [5.74, 6) is -0.549. The lowest BCUT2D eigenvalue weighted by Crippen LogP contribution is -2.46. The van der Waals surface area contributed by atoms with Crippen molar-refractivity contribution in [2.75, 3.05) is 6.54 Å². The van der Waals surface area contributed by atoms with E-state index in [2.05, 4.69) is 22.4 Å². The van der Waals surface area contributed by atoms with Crippen molar-refractivity contribution < 1.29 is 9.18 Å². The van der Waals surface area contributed by atoms with E-state index in [1.54, 1.807) is 24.5 Å². The van der Waals surface area contributed by atoms with Crippen molar-refractivity contribution in [2.45, 2.75) is 38.3 Å². The molecule has 168 valence electrons. The molecule has 31 heavy (non-hydrogen) atoms. The van der Waals surface area contributed by atoms with Crippen LogP contribution in [0.15, 0.2) is 67.1 Å². The fourth-order valence-electron chi connectivity index (χ4n) is 3.25. The molecular formula is C23H29Cl2FN4O. The number of imidazole rings is 1. The first-order valence-electron chi connectivity index (χ1n) is 9.68. The molecule has 0 unspecified atom stereocenters. The molecule has 3 aromatic rings. The minimum absolute atomic E-state index is 0. The van der Waals surface area contributed by atoms with Crippen molar-refractivity contribution in [1.29, 1.82) is 0 Å². The van der Waals surface area contributed by atoms with E-state index in [9.17, 15) is 9.18 Å². The van der Waals surface area contributed by atoms with Crippen molar-refractivity contribution in [2.24, 2.45) is 5.73 Å². The first-order chi connectivity index (χ1) is 13.8. The first kappa shape index (κ1) is 26.6. The number of nitrogens with zero attached hydrogens (tertiary/aromatic N) is 2. The molecule has 0 aliphatic rings. The molecule has 1 amide bonds. The minimum atomic E-state index is -0.716. The normalized spacial score (nSPS) is 11.7. The molecule has 0 saturated heterocycles. The van der Waals surface area contributed by atoms with Gasteiger partial charge in [-0.25, -0.2) is 9.37 Å². The van der Waals surface area contributed by atoms with E-state index < -0.39 is 11.5 Å². The Morgan fingerprint density at radius 1 is 1.13 bits per heavy atom.